The first-order valence-corrected chi connectivity index (χ1v) is 7.61. The Balaban J connectivity index is 2.19. The van der Waals surface area contributed by atoms with Crippen molar-refractivity contribution in [3.63, 3.8) is 0 Å². The summed E-state index contributed by atoms with van der Waals surface area (Å²) < 4.78 is 32.8. The standard InChI is InChI=1S/C18H18F2N2O3/c1-11-14(12(2)22(21-11)9-8-18(24)25-3)6-7-17(23)15-5-4-13(19)10-16(15)20/h4-7,10H,8-9H2,1-3H3. The molecule has 5 nitrogen and oxygen atoms in total. The summed E-state index contributed by atoms with van der Waals surface area (Å²) in [4.78, 5) is 23.3. The summed E-state index contributed by atoms with van der Waals surface area (Å²) in [6, 6.07) is 2.81. The summed E-state index contributed by atoms with van der Waals surface area (Å²) in [5, 5.41) is 4.32. The van der Waals surface area contributed by atoms with Gasteiger partial charge in [0.15, 0.2) is 5.78 Å². The predicted octanol–water partition coefficient (Wildman–Crippen LogP) is 3.24. The molecule has 0 radical (unpaired) electrons. The molecule has 0 aliphatic heterocycles. The van der Waals surface area contributed by atoms with Gasteiger partial charge in [0.1, 0.15) is 11.6 Å². The van der Waals surface area contributed by atoms with Crippen molar-refractivity contribution in [2.75, 3.05) is 7.11 Å². The lowest BCUT2D eigenvalue weighted by Gasteiger charge is -2.03. The fraction of sp³-hybridized carbons (Fsp3) is 0.278. The second-order valence-electron chi connectivity index (χ2n) is 5.46. The summed E-state index contributed by atoms with van der Waals surface area (Å²) in [6.45, 7) is 3.93. The van der Waals surface area contributed by atoms with E-state index in [0.717, 1.165) is 17.8 Å². The van der Waals surface area contributed by atoms with Crippen molar-refractivity contribution in [3.8, 4) is 0 Å². The molecule has 0 unspecified atom stereocenters. The largest absolute Gasteiger partial charge is 0.469 e. The van der Waals surface area contributed by atoms with Gasteiger partial charge >= 0.3 is 5.97 Å². The average Bonchev–Trinajstić information content (AvgIpc) is 2.84. The zero-order chi connectivity index (χ0) is 18.6. The van der Waals surface area contributed by atoms with Crippen LogP contribution in [-0.4, -0.2) is 28.6 Å². The number of allylic oxidation sites excluding steroid dienone is 1. The lowest BCUT2D eigenvalue weighted by Crippen LogP contribution is -2.09. The summed E-state index contributed by atoms with van der Waals surface area (Å²) >= 11 is 0. The lowest BCUT2D eigenvalue weighted by molar-refractivity contribution is -0.140. The predicted molar refractivity (Wildman–Crippen MR) is 88.1 cm³/mol. The molecule has 0 saturated heterocycles. The van der Waals surface area contributed by atoms with Gasteiger partial charge in [-0.3, -0.25) is 14.3 Å². The van der Waals surface area contributed by atoms with E-state index in [4.69, 9.17) is 0 Å². The smallest absolute Gasteiger partial charge is 0.307 e. The second-order valence-corrected chi connectivity index (χ2v) is 5.46. The van der Waals surface area contributed by atoms with Crippen molar-refractivity contribution < 1.29 is 23.1 Å². The van der Waals surface area contributed by atoms with E-state index in [9.17, 15) is 18.4 Å². The maximum absolute atomic E-state index is 13.6. The Kier molecular flexibility index (Phi) is 5.80. The van der Waals surface area contributed by atoms with Crippen LogP contribution in [0.2, 0.25) is 0 Å². The van der Waals surface area contributed by atoms with E-state index >= 15 is 0 Å². The molecule has 0 amide bonds. The number of ketones is 1. The van der Waals surface area contributed by atoms with Gasteiger partial charge in [0.05, 0.1) is 31.3 Å². The number of halogens is 2. The fourth-order valence-corrected chi connectivity index (χ4v) is 2.41. The van der Waals surface area contributed by atoms with Crippen LogP contribution in [0.1, 0.15) is 33.7 Å². The number of carbonyl (C=O) groups is 2. The van der Waals surface area contributed by atoms with E-state index in [1.807, 2.05) is 0 Å². The molecule has 1 aromatic carbocycles. The van der Waals surface area contributed by atoms with Gasteiger partial charge < -0.3 is 4.74 Å². The Bertz CT molecular complexity index is 841. The Morgan fingerprint density at radius 1 is 1.28 bits per heavy atom. The molecule has 0 saturated carbocycles. The molecule has 2 rings (SSSR count). The van der Waals surface area contributed by atoms with Gasteiger partial charge in [-0.25, -0.2) is 8.78 Å². The van der Waals surface area contributed by atoms with Crippen LogP contribution in [0.15, 0.2) is 24.3 Å². The molecule has 25 heavy (non-hydrogen) atoms. The van der Waals surface area contributed by atoms with E-state index in [0.29, 0.717) is 23.9 Å². The van der Waals surface area contributed by atoms with Crippen LogP contribution in [0, 0.1) is 25.5 Å². The van der Waals surface area contributed by atoms with Crippen LogP contribution >= 0.6 is 0 Å². The highest BCUT2D eigenvalue weighted by Gasteiger charge is 2.13. The number of hydrogen-bond donors (Lipinski definition) is 0. The molecule has 1 heterocycles. The maximum atomic E-state index is 13.6. The summed E-state index contributed by atoms with van der Waals surface area (Å²) in [6.07, 6.45) is 2.94. The highest BCUT2D eigenvalue weighted by atomic mass is 19.1. The monoisotopic (exact) mass is 348 g/mol. The van der Waals surface area contributed by atoms with Crippen molar-refractivity contribution in [1.29, 1.82) is 0 Å². The van der Waals surface area contributed by atoms with Crippen molar-refractivity contribution >= 4 is 17.8 Å². The normalized spacial score (nSPS) is 11.1. The number of aromatic nitrogens is 2. The van der Waals surface area contributed by atoms with Gasteiger partial charge in [-0.2, -0.15) is 5.10 Å². The minimum atomic E-state index is -0.906. The molecule has 0 atom stereocenters. The number of benzene rings is 1. The van der Waals surface area contributed by atoms with Crippen molar-refractivity contribution in [2.45, 2.75) is 26.8 Å². The Morgan fingerprint density at radius 3 is 2.64 bits per heavy atom. The third kappa shape index (κ3) is 4.37. The number of ether oxygens (including phenoxy) is 1. The maximum Gasteiger partial charge on any atom is 0.307 e. The van der Waals surface area contributed by atoms with E-state index in [2.05, 4.69) is 9.84 Å². The molecule has 132 valence electrons. The minimum Gasteiger partial charge on any atom is -0.469 e. The Labute approximate surface area is 143 Å². The van der Waals surface area contributed by atoms with Gasteiger partial charge in [0.2, 0.25) is 0 Å². The van der Waals surface area contributed by atoms with Crippen LogP contribution in [0.5, 0.6) is 0 Å². The number of rotatable bonds is 6. The average molecular weight is 348 g/mol. The van der Waals surface area contributed by atoms with Gasteiger partial charge in [-0.1, -0.05) is 0 Å². The third-order valence-corrected chi connectivity index (χ3v) is 3.79. The molecule has 0 fully saturated rings. The highest BCUT2D eigenvalue weighted by Crippen LogP contribution is 2.17. The summed E-state index contributed by atoms with van der Waals surface area (Å²) in [5.41, 5.74) is 1.95. The van der Waals surface area contributed by atoms with Crippen LogP contribution in [0.3, 0.4) is 0 Å². The zero-order valence-corrected chi connectivity index (χ0v) is 14.2. The number of hydrogen-bond acceptors (Lipinski definition) is 4. The van der Waals surface area contributed by atoms with Crippen molar-refractivity contribution in [3.05, 3.63) is 58.4 Å². The number of nitrogens with zero attached hydrogens (tertiary/aromatic N) is 2. The first-order chi connectivity index (χ1) is 11.8. The highest BCUT2D eigenvalue weighted by molar-refractivity contribution is 6.07. The van der Waals surface area contributed by atoms with Gasteiger partial charge in [-0.15, -0.1) is 0 Å². The number of carbonyl (C=O) groups excluding carboxylic acids is 2. The van der Waals surface area contributed by atoms with Crippen LogP contribution in [0.25, 0.3) is 6.08 Å². The van der Waals surface area contributed by atoms with E-state index in [1.54, 1.807) is 18.5 Å². The molecule has 7 heteroatoms. The first-order valence-electron chi connectivity index (χ1n) is 7.61. The molecule has 0 aliphatic carbocycles. The van der Waals surface area contributed by atoms with Gasteiger partial charge in [-0.05, 0) is 38.1 Å². The molecule has 1 aromatic heterocycles. The number of aryl methyl sites for hydroxylation is 2. The molecular weight excluding hydrogens is 330 g/mol. The molecule has 0 spiro atoms. The quantitative estimate of drug-likeness (QED) is 0.457. The number of methoxy groups -OCH3 is 1. The van der Waals surface area contributed by atoms with Crippen LogP contribution < -0.4 is 0 Å². The lowest BCUT2D eigenvalue weighted by atomic mass is 10.1. The Hall–Kier alpha value is -2.83. The fourth-order valence-electron chi connectivity index (χ4n) is 2.41. The third-order valence-electron chi connectivity index (χ3n) is 3.79. The molecule has 0 aliphatic rings. The molecule has 2 aromatic rings. The first kappa shape index (κ1) is 18.5. The topological polar surface area (TPSA) is 61.2 Å². The second kappa shape index (κ2) is 7.83. The minimum absolute atomic E-state index is 0.182. The summed E-state index contributed by atoms with van der Waals surface area (Å²) in [5.74, 6) is -2.56. The van der Waals surface area contributed by atoms with E-state index in [-0.39, 0.29) is 18.0 Å². The van der Waals surface area contributed by atoms with E-state index in [1.165, 1.54) is 19.3 Å². The Morgan fingerprint density at radius 2 is 2.00 bits per heavy atom. The molecule has 0 N–H and O–H groups in total. The zero-order valence-electron chi connectivity index (χ0n) is 14.2. The number of esters is 1. The molecular formula is C18H18F2N2O3. The van der Waals surface area contributed by atoms with Gasteiger partial charge in [0.25, 0.3) is 0 Å². The summed E-state index contributed by atoms with van der Waals surface area (Å²) in [7, 11) is 1.32. The van der Waals surface area contributed by atoms with Crippen LogP contribution in [-0.2, 0) is 16.1 Å². The van der Waals surface area contributed by atoms with Crippen molar-refractivity contribution in [2.24, 2.45) is 0 Å². The molecule has 0 bridgehead atoms. The van der Waals surface area contributed by atoms with Gasteiger partial charge in [0, 0.05) is 17.3 Å². The SMILES string of the molecule is COC(=O)CCn1nc(C)c(C=CC(=O)c2ccc(F)cc2F)c1C. The van der Waals surface area contributed by atoms with Crippen LogP contribution in [0.4, 0.5) is 8.78 Å². The van der Waals surface area contributed by atoms with E-state index < -0.39 is 17.4 Å². The van der Waals surface area contributed by atoms with Crippen molar-refractivity contribution in [1.82, 2.24) is 9.78 Å².